The average molecular weight is 490 g/mol. The molecule has 0 fully saturated rings. The first kappa shape index (κ1) is 23.2. The van der Waals surface area contributed by atoms with Crippen molar-refractivity contribution < 1.29 is 27.4 Å². The van der Waals surface area contributed by atoms with Gasteiger partial charge in [-0.1, -0.05) is 19.1 Å². The summed E-state index contributed by atoms with van der Waals surface area (Å²) in [6, 6.07) is 6.33. The summed E-state index contributed by atoms with van der Waals surface area (Å²) in [4.78, 5) is 15.8. The molecule has 166 valence electrons. The van der Waals surface area contributed by atoms with Crippen LogP contribution in [0, 0.1) is 0 Å². The first-order chi connectivity index (χ1) is 14.3. The molecule has 30 heavy (non-hydrogen) atoms. The second-order valence-corrected chi connectivity index (χ2v) is 9.92. The van der Waals surface area contributed by atoms with Crippen molar-refractivity contribution in [2.45, 2.75) is 68.4 Å². The number of carbonyl (C=O) groups is 1. The number of rotatable bonds is 9. The van der Waals surface area contributed by atoms with E-state index in [2.05, 4.69) is 30.1 Å². The number of fused-ring (bicyclic) bond motifs is 3. The van der Waals surface area contributed by atoms with Crippen molar-refractivity contribution in [2.24, 2.45) is 0 Å². The Morgan fingerprint density at radius 3 is 2.83 bits per heavy atom. The van der Waals surface area contributed by atoms with E-state index in [1.165, 1.54) is 16.5 Å². The normalized spacial score (nSPS) is 19.1. The Bertz CT molecular complexity index is 880. The standard InChI is InChI=1S/C22H28F3NO3Se/c1-3-15-7-5-8-16-17-10-13-29-21(4-2,20(17)26-19(15)16)11-9-18(27)28-12-6-14-30-22(23,24)25/h5,7-8,26H,3-4,6,9-14H2,1-2H3. The molecule has 0 radical (unpaired) electrons. The van der Waals surface area contributed by atoms with Gasteiger partial charge in [-0.05, 0) is 6.42 Å². The molecule has 1 aliphatic rings. The first-order valence-corrected chi connectivity index (χ1v) is 12.5. The number of hydrogen-bond acceptors (Lipinski definition) is 3. The third kappa shape index (κ3) is 5.21. The van der Waals surface area contributed by atoms with Crippen LogP contribution in [-0.2, 0) is 32.7 Å². The van der Waals surface area contributed by atoms with Gasteiger partial charge in [0.05, 0.1) is 0 Å². The van der Waals surface area contributed by atoms with E-state index < -0.39 is 25.6 Å². The Kier molecular flexibility index (Phi) is 7.53. The number of hydrogen-bond donors (Lipinski definition) is 1. The van der Waals surface area contributed by atoms with Gasteiger partial charge in [-0.2, -0.15) is 0 Å². The number of aromatic amines is 1. The molecule has 4 nitrogen and oxygen atoms in total. The number of benzene rings is 1. The van der Waals surface area contributed by atoms with Gasteiger partial charge in [0.2, 0.25) is 0 Å². The molecular weight excluding hydrogens is 462 g/mol. The quantitative estimate of drug-likeness (QED) is 0.296. The molecule has 1 unspecified atom stereocenters. The summed E-state index contributed by atoms with van der Waals surface area (Å²) in [7, 11) is 0. The van der Waals surface area contributed by atoms with Crippen LogP contribution in [0.3, 0.4) is 0 Å². The zero-order chi connectivity index (χ0) is 21.8. The van der Waals surface area contributed by atoms with Crippen LogP contribution in [0.25, 0.3) is 10.9 Å². The average Bonchev–Trinajstić information content (AvgIpc) is 3.11. The van der Waals surface area contributed by atoms with Crippen molar-refractivity contribution in [2.75, 3.05) is 13.2 Å². The Labute approximate surface area is 181 Å². The maximum atomic E-state index is 12.2. The summed E-state index contributed by atoms with van der Waals surface area (Å²) >= 11 is -1.41. The van der Waals surface area contributed by atoms with E-state index in [4.69, 9.17) is 9.47 Å². The summed E-state index contributed by atoms with van der Waals surface area (Å²) in [6.07, 6.45) is 3.38. The Hall–Kier alpha value is -1.50. The van der Waals surface area contributed by atoms with Crippen LogP contribution in [-0.4, -0.2) is 44.2 Å². The van der Waals surface area contributed by atoms with Crippen molar-refractivity contribution in [3.05, 3.63) is 35.0 Å². The van der Waals surface area contributed by atoms with Gasteiger partial charge in [0.25, 0.3) is 0 Å². The summed E-state index contributed by atoms with van der Waals surface area (Å²) in [5, 5.41) is -2.85. The van der Waals surface area contributed by atoms with E-state index in [0.717, 1.165) is 30.5 Å². The van der Waals surface area contributed by atoms with Crippen LogP contribution in [0.1, 0.15) is 56.4 Å². The number of aromatic nitrogens is 1. The molecule has 0 aliphatic carbocycles. The van der Waals surface area contributed by atoms with E-state index in [9.17, 15) is 18.0 Å². The molecule has 1 atom stereocenters. The SMILES string of the molecule is CCc1cccc2c3c([nH]c12)C(CC)(CCC(=O)OCCC[Se]C(F)(F)F)OCC3. The zero-order valence-electron chi connectivity index (χ0n) is 17.4. The van der Waals surface area contributed by atoms with Gasteiger partial charge in [0.1, 0.15) is 0 Å². The Morgan fingerprint density at radius 1 is 1.33 bits per heavy atom. The monoisotopic (exact) mass is 491 g/mol. The second kappa shape index (κ2) is 9.75. The van der Waals surface area contributed by atoms with Crippen LogP contribution < -0.4 is 0 Å². The molecule has 0 spiro atoms. The van der Waals surface area contributed by atoms with Crippen LogP contribution in [0.4, 0.5) is 13.2 Å². The summed E-state index contributed by atoms with van der Waals surface area (Å²) in [5.41, 5.74) is 4.13. The fraction of sp³-hybridized carbons (Fsp3) is 0.591. The number of halogens is 3. The van der Waals surface area contributed by atoms with Crippen molar-refractivity contribution in [3.8, 4) is 0 Å². The first-order valence-electron chi connectivity index (χ1n) is 10.4. The van der Waals surface area contributed by atoms with Crippen LogP contribution in [0.15, 0.2) is 18.2 Å². The van der Waals surface area contributed by atoms with E-state index in [1.807, 2.05) is 6.92 Å². The fourth-order valence-corrected chi connectivity index (χ4v) is 5.20. The second-order valence-electron chi connectivity index (χ2n) is 7.49. The molecule has 3 rings (SSSR count). The van der Waals surface area contributed by atoms with Crippen molar-refractivity contribution in [3.63, 3.8) is 0 Å². The van der Waals surface area contributed by atoms with E-state index >= 15 is 0 Å². The molecule has 8 heteroatoms. The number of para-hydroxylation sites is 1. The number of alkyl halides is 3. The van der Waals surface area contributed by atoms with Crippen molar-refractivity contribution >= 4 is 31.8 Å². The minimum absolute atomic E-state index is 0.0317. The number of esters is 1. The van der Waals surface area contributed by atoms with Gasteiger partial charge in [-0.15, -0.1) is 0 Å². The van der Waals surface area contributed by atoms with E-state index in [-0.39, 0.29) is 30.7 Å². The van der Waals surface area contributed by atoms with Gasteiger partial charge in [0.15, 0.2) is 0 Å². The number of ether oxygens (including phenoxy) is 2. The molecule has 1 aromatic carbocycles. The van der Waals surface area contributed by atoms with Crippen molar-refractivity contribution in [1.29, 1.82) is 0 Å². The molecule has 0 amide bonds. The van der Waals surface area contributed by atoms with Gasteiger partial charge in [-0.3, -0.25) is 0 Å². The fourth-order valence-electron chi connectivity index (χ4n) is 4.16. The van der Waals surface area contributed by atoms with Crippen molar-refractivity contribution in [1.82, 2.24) is 4.98 Å². The molecule has 2 aromatic rings. The third-order valence-corrected chi connectivity index (χ3v) is 7.44. The Balaban J connectivity index is 1.65. The summed E-state index contributed by atoms with van der Waals surface area (Å²) in [5.74, 6) is -0.386. The van der Waals surface area contributed by atoms with Crippen LogP contribution in [0.2, 0.25) is 5.32 Å². The maximum absolute atomic E-state index is 12.2. The number of carbonyl (C=O) groups excluding carboxylic acids is 1. The van der Waals surface area contributed by atoms with Gasteiger partial charge in [-0.25, -0.2) is 0 Å². The molecule has 1 aliphatic heterocycles. The molecule has 0 saturated carbocycles. The number of aryl methyl sites for hydroxylation is 1. The molecule has 1 aromatic heterocycles. The van der Waals surface area contributed by atoms with E-state index in [1.54, 1.807) is 0 Å². The molecule has 2 heterocycles. The minimum atomic E-state index is -4.10. The topological polar surface area (TPSA) is 51.3 Å². The van der Waals surface area contributed by atoms with E-state index in [0.29, 0.717) is 13.0 Å². The van der Waals surface area contributed by atoms with Gasteiger partial charge in [0, 0.05) is 0 Å². The predicted molar refractivity (Wildman–Crippen MR) is 111 cm³/mol. The van der Waals surface area contributed by atoms with Gasteiger partial charge >= 0.3 is 155 Å². The Morgan fingerprint density at radius 2 is 2.13 bits per heavy atom. The number of H-pyrrole nitrogens is 1. The third-order valence-electron chi connectivity index (χ3n) is 5.72. The summed E-state index contributed by atoms with van der Waals surface area (Å²) < 4.78 is 48.0. The molecular formula is C22H28F3NO3Se. The predicted octanol–water partition coefficient (Wildman–Crippen LogP) is 5.26. The zero-order valence-corrected chi connectivity index (χ0v) is 19.1. The molecule has 1 N–H and O–H groups in total. The summed E-state index contributed by atoms with van der Waals surface area (Å²) in [6.45, 7) is 4.81. The van der Waals surface area contributed by atoms with Crippen LogP contribution in [0.5, 0.6) is 0 Å². The van der Waals surface area contributed by atoms with Gasteiger partial charge < -0.3 is 0 Å². The molecule has 0 saturated heterocycles. The number of nitrogens with one attached hydrogen (secondary N) is 1. The molecule has 0 bridgehead atoms. The van der Waals surface area contributed by atoms with Crippen LogP contribution >= 0.6 is 0 Å².